The Kier molecular flexibility index (Phi) is 3.01. The van der Waals surface area contributed by atoms with Crippen molar-refractivity contribution in [2.45, 2.75) is 20.3 Å². The van der Waals surface area contributed by atoms with Crippen molar-refractivity contribution in [2.24, 2.45) is 7.05 Å². The third-order valence-electron chi connectivity index (χ3n) is 3.24. The molecule has 0 aliphatic carbocycles. The molecule has 0 spiro atoms. The molecule has 0 saturated heterocycles. The monoisotopic (exact) mass is 216 g/mol. The predicted octanol–water partition coefficient (Wildman–Crippen LogP) is 2.56. The van der Waals surface area contributed by atoms with Gasteiger partial charge in [0.05, 0.1) is 0 Å². The molecule has 16 heavy (non-hydrogen) atoms. The van der Waals surface area contributed by atoms with E-state index in [2.05, 4.69) is 49.0 Å². The molecule has 1 N–H and O–H groups in total. The summed E-state index contributed by atoms with van der Waals surface area (Å²) in [5.41, 5.74) is 5.47. The Morgan fingerprint density at radius 1 is 1.19 bits per heavy atom. The van der Waals surface area contributed by atoms with Crippen molar-refractivity contribution in [1.29, 1.82) is 0 Å². The summed E-state index contributed by atoms with van der Waals surface area (Å²) in [6, 6.07) is 6.84. The second kappa shape index (κ2) is 4.30. The first-order valence-electron chi connectivity index (χ1n) is 5.83. The highest BCUT2D eigenvalue weighted by atomic mass is 14.9. The molecule has 0 radical (unpaired) electrons. The van der Waals surface area contributed by atoms with Crippen LogP contribution in [0, 0.1) is 13.8 Å². The number of rotatable bonds is 3. The van der Waals surface area contributed by atoms with E-state index in [1.54, 1.807) is 0 Å². The maximum Gasteiger partial charge on any atom is 0.0485 e. The fourth-order valence-electron chi connectivity index (χ4n) is 2.33. The molecular formula is C14H20N2. The van der Waals surface area contributed by atoms with E-state index < -0.39 is 0 Å². The third kappa shape index (κ3) is 1.85. The maximum atomic E-state index is 3.20. The number of hydrogen-bond donors (Lipinski definition) is 1. The Hall–Kier alpha value is -1.28. The van der Waals surface area contributed by atoms with Crippen LogP contribution in [0.4, 0.5) is 0 Å². The van der Waals surface area contributed by atoms with Crippen LogP contribution in [0.15, 0.2) is 18.2 Å². The molecule has 1 aromatic heterocycles. The Bertz CT molecular complexity index is 509. The van der Waals surface area contributed by atoms with Crippen molar-refractivity contribution in [2.75, 3.05) is 13.6 Å². The highest BCUT2D eigenvalue weighted by Gasteiger charge is 2.07. The molecule has 86 valence electrons. The first-order chi connectivity index (χ1) is 7.63. The summed E-state index contributed by atoms with van der Waals surface area (Å²) in [6.07, 6.45) is 1.08. The van der Waals surface area contributed by atoms with Crippen molar-refractivity contribution in [3.05, 3.63) is 35.0 Å². The van der Waals surface area contributed by atoms with E-state index in [-0.39, 0.29) is 0 Å². The van der Waals surface area contributed by atoms with E-state index >= 15 is 0 Å². The van der Waals surface area contributed by atoms with Crippen LogP contribution in [0.5, 0.6) is 0 Å². The summed E-state index contributed by atoms with van der Waals surface area (Å²) in [4.78, 5) is 0. The van der Waals surface area contributed by atoms with Gasteiger partial charge in [-0.3, -0.25) is 0 Å². The van der Waals surface area contributed by atoms with Gasteiger partial charge in [0.2, 0.25) is 0 Å². The number of likely N-dealkylation sites (N-methyl/N-ethyl adjacent to an activating group) is 1. The minimum absolute atomic E-state index is 1.03. The van der Waals surface area contributed by atoms with E-state index in [1.165, 1.54) is 27.7 Å². The second-order valence-corrected chi connectivity index (χ2v) is 4.56. The summed E-state index contributed by atoms with van der Waals surface area (Å²) < 4.78 is 2.31. The van der Waals surface area contributed by atoms with E-state index in [1.807, 2.05) is 7.05 Å². The molecular weight excluding hydrogens is 196 g/mol. The van der Waals surface area contributed by atoms with Gasteiger partial charge in [-0.05, 0) is 44.2 Å². The van der Waals surface area contributed by atoms with Crippen molar-refractivity contribution in [1.82, 2.24) is 9.88 Å². The molecule has 0 bridgehead atoms. The van der Waals surface area contributed by atoms with Crippen LogP contribution in [0.2, 0.25) is 0 Å². The zero-order valence-electron chi connectivity index (χ0n) is 10.6. The summed E-state index contributed by atoms with van der Waals surface area (Å²) in [5.74, 6) is 0. The van der Waals surface area contributed by atoms with E-state index in [0.717, 1.165) is 13.0 Å². The molecule has 0 aliphatic heterocycles. The number of benzene rings is 1. The predicted molar refractivity (Wildman–Crippen MR) is 70.0 cm³/mol. The molecule has 2 rings (SSSR count). The largest absolute Gasteiger partial charge is 0.348 e. The lowest BCUT2D eigenvalue weighted by atomic mass is 10.1. The van der Waals surface area contributed by atoms with Gasteiger partial charge < -0.3 is 9.88 Å². The Morgan fingerprint density at radius 2 is 1.94 bits per heavy atom. The fourth-order valence-corrected chi connectivity index (χ4v) is 2.33. The van der Waals surface area contributed by atoms with Crippen LogP contribution in [-0.2, 0) is 13.5 Å². The Morgan fingerprint density at radius 3 is 2.62 bits per heavy atom. The van der Waals surface area contributed by atoms with Crippen LogP contribution < -0.4 is 5.32 Å². The average molecular weight is 216 g/mol. The Labute approximate surface area is 97.3 Å². The minimum Gasteiger partial charge on any atom is -0.348 e. The lowest BCUT2D eigenvalue weighted by Crippen LogP contribution is -2.12. The summed E-state index contributed by atoms with van der Waals surface area (Å²) in [7, 11) is 4.16. The number of aromatic nitrogens is 1. The van der Waals surface area contributed by atoms with Gasteiger partial charge in [-0.25, -0.2) is 0 Å². The number of fused-ring (bicyclic) bond motifs is 1. The maximum absolute atomic E-state index is 3.20. The number of nitrogens with one attached hydrogen (secondary N) is 1. The van der Waals surface area contributed by atoms with Crippen LogP contribution >= 0.6 is 0 Å². The van der Waals surface area contributed by atoms with Gasteiger partial charge in [0.1, 0.15) is 0 Å². The second-order valence-electron chi connectivity index (χ2n) is 4.56. The van der Waals surface area contributed by atoms with Crippen molar-refractivity contribution >= 4 is 10.9 Å². The fraction of sp³-hybridized carbons (Fsp3) is 0.429. The Balaban J connectivity index is 2.54. The van der Waals surface area contributed by atoms with Crippen LogP contribution in [0.1, 0.15) is 16.8 Å². The first-order valence-corrected chi connectivity index (χ1v) is 5.83. The van der Waals surface area contributed by atoms with Gasteiger partial charge in [0.25, 0.3) is 0 Å². The van der Waals surface area contributed by atoms with Crippen LogP contribution in [-0.4, -0.2) is 18.2 Å². The molecule has 1 heterocycles. The SMILES string of the molecule is CNCCc1cc2c(C)cc(C)cc2n1C. The minimum atomic E-state index is 1.03. The number of aryl methyl sites for hydroxylation is 3. The normalized spacial score (nSPS) is 11.2. The quantitative estimate of drug-likeness (QED) is 0.834. The van der Waals surface area contributed by atoms with Crippen molar-refractivity contribution < 1.29 is 0 Å². The van der Waals surface area contributed by atoms with Gasteiger partial charge in [-0.15, -0.1) is 0 Å². The molecule has 0 aliphatic rings. The highest BCUT2D eigenvalue weighted by Crippen LogP contribution is 2.24. The van der Waals surface area contributed by atoms with Gasteiger partial charge in [-0.2, -0.15) is 0 Å². The zero-order valence-corrected chi connectivity index (χ0v) is 10.6. The molecule has 0 fully saturated rings. The van der Waals surface area contributed by atoms with Crippen LogP contribution in [0.3, 0.4) is 0 Å². The number of nitrogens with zero attached hydrogens (tertiary/aromatic N) is 1. The lowest BCUT2D eigenvalue weighted by molar-refractivity contribution is 0.746. The molecule has 2 heteroatoms. The summed E-state index contributed by atoms with van der Waals surface area (Å²) in [5, 5.41) is 4.59. The topological polar surface area (TPSA) is 17.0 Å². The van der Waals surface area contributed by atoms with Gasteiger partial charge in [0, 0.05) is 36.6 Å². The summed E-state index contributed by atoms with van der Waals surface area (Å²) >= 11 is 0. The molecule has 1 aromatic carbocycles. The van der Waals surface area contributed by atoms with Crippen molar-refractivity contribution in [3.63, 3.8) is 0 Å². The van der Waals surface area contributed by atoms with E-state index in [4.69, 9.17) is 0 Å². The first kappa shape index (κ1) is 11.2. The summed E-state index contributed by atoms with van der Waals surface area (Å²) in [6.45, 7) is 5.38. The lowest BCUT2D eigenvalue weighted by Gasteiger charge is -2.04. The smallest absolute Gasteiger partial charge is 0.0485 e. The molecule has 2 aromatic rings. The van der Waals surface area contributed by atoms with Crippen LogP contribution in [0.25, 0.3) is 10.9 Å². The number of hydrogen-bond acceptors (Lipinski definition) is 1. The zero-order chi connectivity index (χ0) is 11.7. The average Bonchev–Trinajstić information content (AvgIpc) is 2.54. The van der Waals surface area contributed by atoms with E-state index in [0.29, 0.717) is 0 Å². The molecule has 0 saturated carbocycles. The molecule has 0 atom stereocenters. The standard InChI is InChI=1S/C14H20N2/c1-10-7-11(2)13-9-12(5-6-15-3)16(4)14(13)8-10/h7-9,15H,5-6H2,1-4H3. The third-order valence-corrected chi connectivity index (χ3v) is 3.24. The molecule has 0 unspecified atom stereocenters. The van der Waals surface area contributed by atoms with E-state index in [9.17, 15) is 0 Å². The molecule has 0 amide bonds. The highest BCUT2D eigenvalue weighted by molar-refractivity contribution is 5.85. The van der Waals surface area contributed by atoms with Gasteiger partial charge in [-0.1, -0.05) is 6.07 Å². The van der Waals surface area contributed by atoms with Crippen molar-refractivity contribution in [3.8, 4) is 0 Å². The molecule has 2 nitrogen and oxygen atoms in total. The van der Waals surface area contributed by atoms with Gasteiger partial charge in [0.15, 0.2) is 0 Å². The van der Waals surface area contributed by atoms with Gasteiger partial charge >= 0.3 is 0 Å².